The molecule has 2 nitrogen and oxygen atoms in total. The molecule has 0 aliphatic carbocycles. The van der Waals surface area contributed by atoms with Crippen molar-refractivity contribution in [3.05, 3.63) is 35.1 Å². The van der Waals surface area contributed by atoms with E-state index in [0.717, 1.165) is 38.5 Å². The fourth-order valence-electron chi connectivity index (χ4n) is 2.53. The second-order valence-electron chi connectivity index (χ2n) is 4.97. The number of halogens is 4. The minimum absolute atomic E-state index is 0. The fraction of sp³-hybridized carbons (Fsp3) is 0.571. The molecule has 0 saturated carbocycles. The highest BCUT2D eigenvalue weighted by atomic mass is 35.5. The largest absolute Gasteiger partial charge is 0.315 e. The monoisotopic (exact) mass is 308 g/mol. The Labute approximate surface area is 123 Å². The Kier molecular flexibility index (Phi) is 6.79. The third-order valence-electron chi connectivity index (χ3n) is 3.52. The molecule has 114 valence electrons. The Morgan fingerprint density at radius 2 is 1.90 bits per heavy atom. The predicted molar refractivity (Wildman–Crippen MR) is 75.5 cm³/mol. The quantitative estimate of drug-likeness (QED) is 0.841. The molecule has 1 fully saturated rings. The van der Waals surface area contributed by atoms with Crippen LogP contribution < -0.4 is 5.32 Å². The van der Waals surface area contributed by atoms with Crippen molar-refractivity contribution < 1.29 is 13.2 Å². The van der Waals surface area contributed by atoms with E-state index in [1.165, 1.54) is 0 Å². The molecule has 0 amide bonds. The minimum atomic E-state index is -1.13. The van der Waals surface area contributed by atoms with Gasteiger partial charge < -0.3 is 5.32 Å². The summed E-state index contributed by atoms with van der Waals surface area (Å²) in [5.74, 6) is -2.80. The molecule has 1 saturated heterocycles. The first-order chi connectivity index (χ1) is 9.11. The van der Waals surface area contributed by atoms with E-state index in [-0.39, 0.29) is 18.0 Å². The van der Waals surface area contributed by atoms with Gasteiger partial charge in [-0.1, -0.05) is 6.92 Å². The number of nitrogens with one attached hydrogen (secondary N) is 1. The maximum absolute atomic E-state index is 13.7. The lowest BCUT2D eigenvalue weighted by Crippen LogP contribution is -2.37. The van der Waals surface area contributed by atoms with Gasteiger partial charge in [0.2, 0.25) is 0 Å². The van der Waals surface area contributed by atoms with Crippen LogP contribution in [0.5, 0.6) is 0 Å². The van der Waals surface area contributed by atoms with Crippen molar-refractivity contribution in [2.24, 2.45) is 0 Å². The highest BCUT2D eigenvalue weighted by Crippen LogP contribution is 2.19. The van der Waals surface area contributed by atoms with Crippen LogP contribution in [0.15, 0.2) is 12.1 Å². The van der Waals surface area contributed by atoms with Crippen LogP contribution in [-0.2, 0) is 6.54 Å². The molecule has 1 aromatic carbocycles. The Balaban J connectivity index is 0.00000200. The maximum Gasteiger partial charge on any atom is 0.161 e. The molecule has 2 rings (SSSR count). The fourth-order valence-corrected chi connectivity index (χ4v) is 2.53. The predicted octanol–water partition coefficient (Wildman–Crippen LogP) is 3.10. The summed E-state index contributed by atoms with van der Waals surface area (Å²) in [6.45, 7) is 5.02. The zero-order chi connectivity index (χ0) is 13.8. The average Bonchev–Trinajstić information content (AvgIpc) is 2.89. The van der Waals surface area contributed by atoms with Gasteiger partial charge >= 0.3 is 0 Å². The molecule has 0 bridgehead atoms. The molecule has 0 aromatic heterocycles. The molecular formula is C14H20ClF3N2. The van der Waals surface area contributed by atoms with Gasteiger partial charge in [-0.3, -0.25) is 4.90 Å². The van der Waals surface area contributed by atoms with Crippen LogP contribution in [0.2, 0.25) is 0 Å². The zero-order valence-corrected chi connectivity index (χ0v) is 12.3. The number of benzene rings is 1. The lowest BCUT2D eigenvalue weighted by molar-refractivity contribution is 0.196. The average molecular weight is 309 g/mol. The van der Waals surface area contributed by atoms with Crippen molar-refractivity contribution >= 4 is 12.4 Å². The zero-order valence-electron chi connectivity index (χ0n) is 11.5. The van der Waals surface area contributed by atoms with Gasteiger partial charge in [-0.25, -0.2) is 13.2 Å². The molecule has 20 heavy (non-hydrogen) atoms. The van der Waals surface area contributed by atoms with E-state index in [1.54, 1.807) is 0 Å². The summed E-state index contributed by atoms with van der Waals surface area (Å²) < 4.78 is 39.8. The van der Waals surface area contributed by atoms with Crippen molar-refractivity contribution in [3.8, 4) is 0 Å². The molecule has 0 radical (unpaired) electrons. The Morgan fingerprint density at radius 3 is 2.50 bits per heavy atom. The number of hydrogen-bond acceptors (Lipinski definition) is 2. The van der Waals surface area contributed by atoms with Crippen LogP contribution in [0.4, 0.5) is 13.2 Å². The van der Waals surface area contributed by atoms with E-state index in [1.807, 2.05) is 0 Å². The van der Waals surface area contributed by atoms with Crippen LogP contribution in [0.25, 0.3) is 0 Å². The van der Waals surface area contributed by atoms with E-state index >= 15 is 0 Å². The summed E-state index contributed by atoms with van der Waals surface area (Å²) in [6, 6.07) is 1.93. The highest BCUT2D eigenvalue weighted by Gasteiger charge is 2.23. The third kappa shape index (κ3) is 4.11. The van der Waals surface area contributed by atoms with Crippen LogP contribution >= 0.6 is 12.4 Å². The van der Waals surface area contributed by atoms with Gasteiger partial charge in [0, 0.05) is 30.8 Å². The topological polar surface area (TPSA) is 15.3 Å². The Morgan fingerprint density at radius 1 is 1.20 bits per heavy atom. The number of hydrogen-bond donors (Lipinski definition) is 1. The number of rotatable bonds is 5. The Hall–Kier alpha value is -0.780. The van der Waals surface area contributed by atoms with Crippen LogP contribution in [0.3, 0.4) is 0 Å². The summed E-state index contributed by atoms with van der Waals surface area (Å²) in [4.78, 5) is 2.13. The molecule has 1 aromatic rings. The van der Waals surface area contributed by atoms with Crippen LogP contribution in [-0.4, -0.2) is 30.6 Å². The lowest BCUT2D eigenvalue weighted by Gasteiger charge is -2.28. The van der Waals surface area contributed by atoms with Gasteiger partial charge in [0.15, 0.2) is 11.6 Å². The van der Waals surface area contributed by atoms with Crippen molar-refractivity contribution in [2.75, 3.05) is 19.6 Å². The standard InChI is InChI=1S/C14H19F3N2.ClH/c1-2-5-19(11-3-4-18-8-11)9-10-6-13(16)14(17)7-12(10)15;/h6-7,11,18H,2-5,8-9H2,1H3;1H. The van der Waals surface area contributed by atoms with Gasteiger partial charge in [0.05, 0.1) is 0 Å². The second-order valence-corrected chi connectivity index (χ2v) is 4.97. The highest BCUT2D eigenvalue weighted by molar-refractivity contribution is 5.85. The minimum Gasteiger partial charge on any atom is -0.315 e. The summed E-state index contributed by atoms with van der Waals surface area (Å²) >= 11 is 0. The Bertz CT molecular complexity index is 437. The van der Waals surface area contributed by atoms with Crippen LogP contribution in [0.1, 0.15) is 25.3 Å². The summed E-state index contributed by atoms with van der Waals surface area (Å²) in [6.07, 6.45) is 1.95. The first kappa shape index (κ1) is 17.3. The van der Waals surface area contributed by atoms with E-state index in [9.17, 15) is 13.2 Å². The lowest BCUT2D eigenvalue weighted by atomic mass is 10.1. The normalized spacial score (nSPS) is 18.4. The molecule has 1 aliphatic rings. The first-order valence-corrected chi connectivity index (χ1v) is 6.70. The second kappa shape index (κ2) is 7.86. The number of nitrogens with zero attached hydrogens (tertiary/aromatic N) is 1. The summed E-state index contributed by atoms with van der Waals surface area (Å²) in [5, 5.41) is 3.26. The molecule has 1 unspecified atom stereocenters. The smallest absolute Gasteiger partial charge is 0.161 e. The third-order valence-corrected chi connectivity index (χ3v) is 3.52. The van der Waals surface area contributed by atoms with Crippen LogP contribution in [0, 0.1) is 17.5 Å². The van der Waals surface area contributed by atoms with Gasteiger partial charge in [0.1, 0.15) is 5.82 Å². The van der Waals surface area contributed by atoms with E-state index in [0.29, 0.717) is 18.7 Å². The molecule has 1 aliphatic heterocycles. The van der Waals surface area contributed by atoms with E-state index in [2.05, 4.69) is 17.1 Å². The SMILES string of the molecule is CCCN(Cc1cc(F)c(F)cc1F)C1CCNC1.Cl. The van der Waals surface area contributed by atoms with E-state index in [4.69, 9.17) is 0 Å². The molecule has 1 heterocycles. The summed E-state index contributed by atoms with van der Waals surface area (Å²) in [5.41, 5.74) is 0.222. The van der Waals surface area contributed by atoms with E-state index < -0.39 is 17.5 Å². The van der Waals surface area contributed by atoms with Crippen molar-refractivity contribution in [3.63, 3.8) is 0 Å². The van der Waals surface area contributed by atoms with Crippen molar-refractivity contribution in [1.29, 1.82) is 0 Å². The van der Waals surface area contributed by atoms with Gasteiger partial charge in [0.25, 0.3) is 0 Å². The van der Waals surface area contributed by atoms with Gasteiger partial charge in [-0.15, -0.1) is 12.4 Å². The first-order valence-electron chi connectivity index (χ1n) is 6.70. The van der Waals surface area contributed by atoms with Gasteiger partial charge in [-0.2, -0.15) is 0 Å². The summed E-state index contributed by atoms with van der Waals surface area (Å²) in [7, 11) is 0. The molecular weight excluding hydrogens is 289 g/mol. The molecule has 1 N–H and O–H groups in total. The van der Waals surface area contributed by atoms with Crippen molar-refractivity contribution in [2.45, 2.75) is 32.4 Å². The molecule has 1 atom stereocenters. The molecule has 6 heteroatoms. The maximum atomic E-state index is 13.7. The molecule has 0 spiro atoms. The van der Waals surface area contributed by atoms with Gasteiger partial charge in [-0.05, 0) is 32.0 Å². The van der Waals surface area contributed by atoms with Crippen molar-refractivity contribution in [1.82, 2.24) is 10.2 Å².